The lowest BCUT2D eigenvalue weighted by Crippen LogP contribution is -2.17. The molecule has 0 aromatic heterocycles. The molecule has 2 rings (SSSR count). The summed E-state index contributed by atoms with van der Waals surface area (Å²) in [5.41, 5.74) is 5.71. The van der Waals surface area contributed by atoms with Crippen molar-refractivity contribution < 1.29 is 9.13 Å². The summed E-state index contributed by atoms with van der Waals surface area (Å²) in [5, 5.41) is 0.0983. The van der Waals surface area contributed by atoms with Crippen LogP contribution in [0.2, 0.25) is 5.02 Å². The lowest BCUT2D eigenvalue weighted by molar-refractivity contribution is 0.218. The second kappa shape index (κ2) is 4.60. The van der Waals surface area contributed by atoms with Crippen molar-refractivity contribution in [2.75, 3.05) is 13.2 Å². The summed E-state index contributed by atoms with van der Waals surface area (Å²) in [6, 6.07) is 4.79. The van der Waals surface area contributed by atoms with E-state index in [9.17, 15) is 4.39 Å². The Morgan fingerprint density at radius 1 is 1.44 bits per heavy atom. The van der Waals surface area contributed by atoms with Gasteiger partial charge in [0.15, 0.2) is 11.6 Å². The van der Waals surface area contributed by atoms with Gasteiger partial charge in [0, 0.05) is 5.41 Å². The minimum atomic E-state index is -0.479. The molecule has 1 fully saturated rings. The third-order valence-electron chi connectivity index (χ3n) is 3.08. The maximum atomic E-state index is 13.5. The first kappa shape index (κ1) is 11.7. The highest BCUT2D eigenvalue weighted by atomic mass is 35.5. The molecule has 0 spiro atoms. The molecule has 16 heavy (non-hydrogen) atoms. The molecule has 1 aliphatic carbocycles. The van der Waals surface area contributed by atoms with Gasteiger partial charge in [-0.1, -0.05) is 17.7 Å². The van der Waals surface area contributed by atoms with E-state index in [1.165, 1.54) is 6.07 Å². The predicted octanol–water partition coefficient (Wildman–Crippen LogP) is 2.99. The zero-order valence-electron chi connectivity index (χ0n) is 9.01. The topological polar surface area (TPSA) is 35.2 Å². The second-order valence-corrected chi connectivity index (χ2v) is 4.79. The highest BCUT2D eigenvalue weighted by molar-refractivity contribution is 6.30. The smallest absolute Gasteiger partial charge is 0.183 e. The van der Waals surface area contributed by atoms with Crippen molar-refractivity contribution in [3.05, 3.63) is 29.0 Å². The van der Waals surface area contributed by atoms with E-state index in [0.29, 0.717) is 13.2 Å². The number of hydrogen-bond acceptors (Lipinski definition) is 2. The fraction of sp³-hybridized carbons (Fsp3) is 0.500. The summed E-state index contributed by atoms with van der Waals surface area (Å²) in [5.74, 6) is -0.247. The van der Waals surface area contributed by atoms with Crippen molar-refractivity contribution in [1.82, 2.24) is 0 Å². The van der Waals surface area contributed by atoms with Crippen LogP contribution in [-0.2, 0) is 0 Å². The first-order valence-corrected chi connectivity index (χ1v) is 5.82. The van der Waals surface area contributed by atoms with Crippen LogP contribution < -0.4 is 10.5 Å². The molecule has 0 heterocycles. The SMILES string of the molecule is NCCC1(COc2cccc(Cl)c2F)CC1. The third kappa shape index (κ3) is 2.47. The van der Waals surface area contributed by atoms with E-state index in [4.69, 9.17) is 22.1 Å². The number of benzene rings is 1. The quantitative estimate of drug-likeness (QED) is 0.863. The number of rotatable bonds is 5. The number of ether oxygens (including phenoxy) is 1. The molecular formula is C12H15ClFNO. The molecule has 1 aliphatic rings. The molecule has 2 N–H and O–H groups in total. The van der Waals surface area contributed by atoms with Gasteiger partial charge in [0.1, 0.15) is 0 Å². The molecule has 0 bridgehead atoms. The van der Waals surface area contributed by atoms with Crippen molar-refractivity contribution in [3.8, 4) is 5.75 Å². The van der Waals surface area contributed by atoms with Gasteiger partial charge >= 0.3 is 0 Å². The van der Waals surface area contributed by atoms with E-state index >= 15 is 0 Å². The molecule has 0 unspecified atom stereocenters. The Balaban J connectivity index is 1.97. The van der Waals surface area contributed by atoms with Gasteiger partial charge in [0.2, 0.25) is 0 Å². The maximum Gasteiger partial charge on any atom is 0.183 e. The summed E-state index contributed by atoms with van der Waals surface area (Å²) in [6.07, 6.45) is 3.17. The largest absolute Gasteiger partial charge is 0.490 e. The van der Waals surface area contributed by atoms with Gasteiger partial charge in [-0.3, -0.25) is 0 Å². The molecule has 0 aliphatic heterocycles. The Kier molecular flexibility index (Phi) is 3.36. The van der Waals surface area contributed by atoms with Gasteiger partial charge in [-0.25, -0.2) is 4.39 Å². The van der Waals surface area contributed by atoms with Crippen LogP contribution in [0, 0.1) is 11.2 Å². The van der Waals surface area contributed by atoms with Gasteiger partial charge in [0.05, 0.1) is 11.6 Å². The van der Waals surface area contributed by atoms with Gasteiger partial charge in [0.25, 0.3) is 0 Å². The average molecular weight is 244 g/mol. The first-order chi connectivity index (χ1) is 7.67. The van der Waals surface area contributed by atoms with Crippen LogP contribution in [0.3, 0.4) is 0 Å². The Morgan fingerprint density at radius 2 is 2.19 bits per heavy atom. The number of halogens is 2. The maximum absolute atomic E-state index is 13.5. The Bertz CT molecular complexity index is 379. The van der Waals surface area contributed by atoms with Crippen molar-refractivity contribution in [1.29, 1.82) is 0 Å². The van der Waals surface area contributed by atoms with Crippen molar-refractivity contribution >= 4 is 11.6 Å². The summed E-state index contributed by atoms with van der Waals surface area (Å²) >= 11 is 5.67. The second-order valence-electron chi connectivity index (χ2n) is 4.38. The van der Waals surface area contributed by atoms with E-state index in [1.54, 1.807) is 12.1 Å². The van der Waals surface area contributed by atoms with E-state index in [2.05, 4.69) is 0 Å². The van der Waals surface area contributed by atoms with Crippen LogP contribution in [0.25, 0.3) is 0 Å². The van der Waals surface area contributed by atoms with E-state index in [0.717, 1.165) is 19.3 Å². The molecule has 0 atom stereocenters. The van der Waals surface area contributed by atoms with Crippen molar-refractivity contribution in [3.63, 3.8) is 0 Å². The van der Waals surface area contributed by atoms with E-state index < -0.39 is 5.82 Å². The third-order valence-corrected chi connectivity index (χ3v) is 3.37. The molecule has 0 amide bonds. The predicted molar refractivity (Wildman–Crippen MR) is 62.2 cm³/mol. The molecule has 2 nitrogen and oxygen atoms in total. The standard InChI is InChI=1S/C12H15ClFNO/c13-9-2-1-3-10(11(9)14)16-8-12(4-5-12)6-7-15/h1-3H,4-8,15H2. The van der Waals surface area contributed by atoms with Gasteiger partial charge in [-0.2, -0.15) is 0 Å². The molecule has 0 radical (unpaired) electrons. The normalized spacial score (nSPS) is 17.2. The summed E-state index contributed by atoms with van der Waals surface area (Å²) in [6.45, 7) is 1.18. The lowest BCUT2D eigenvalue weighted by Gasteiger charge is -2.15. The zero-order chi connectivity index (χ0) is 11.6. The molecular weight excluding hydrogens is 229 g/mol. The minimum absolute atomic E-state index is 0.0983. The number of nitrogens with two attached hydrogens (primary N) is 1. The Hall–Kier alpha value is -0.800. The first-order valence-electron chi connectivity index (χ1n) is 5.44. The van der Waals surface area contributed by atoms with Gasteiger partial charge in [-0.15, -0.1) is 0 Å². The molecule has 1 aromatic carbocycles. The molecule has 88 valence electrons. The highest BCUT2D eigenvalue weighted by Crippen LogP contribution is 2.48. The van der Waals surface area contributed by atoms with Crippen LogP contribution in [0.5, 0.6) is 5.75 Å². The minimum Gasteiger partial charge on any atom is -0.490 e. The molecule has 0 saturated heterocycles. The molecule has 1 aromatic rings. The Morgan fingerprint density at radius 3 is 2.81 bits per heavy atom. The number of hydrogen-bond donors (Lipinski definition) is 1. The van der Waals surface area contributed by atoms with Crippen molar-refractivity contribution in [2.45, 2.75) is 19.3 Å². The monoisotopic (exact) mass is 243 g/mol. The summed E-state index contributed by atoms with van der Waals surface area (Å²) < 4.78 is 19.0. The zero-order valence-corrected chi connectivity index (χ0v) is 9.77. The molecule has 4 heteroatoms. The fourth-order valence-electron chi connectivity index (χ4n) is 1.78. The summed E-state index contributed by atoms with van der Waals surface area (Å²) in [7, 11) is 0. The van der Waals surface area contributed by atoms with Crippen molar-refractivity contribution in [2.24, 2.45) is 11.1 Å². The van der Waals surface area contributed by atoms with Crippen LogP contribution >= 0.6 is 11.6 Å². The van der Waals surface area contributed by atoms with Gasteiger partial charge in [-0.05, 0) is 37.9 Å². The van der Waals surface area contributed by atoms with Crippen LogP contribution in [0.15, 0.2) is 18.2 Å². The molecule has 1 saturated carbocycles. The Labute approximate surface area is 99.5 Å². The van der Waals surface area contributed by atoms with Crippen LogP contribution in [-0.4, -0.2) is 13.2 Å². The van der Waals surface area contributed by atoms with Crippen LogP contribution in [0.4, 0.5) is 4.39 Å². The van der Waals surface area contributed by atoms with E-state index in [1.807, 2.05) is 0 Å². The van der Waals surface area contributed by atoms with Crippen LogP contribution in [0.1, 0.15) is 19.3 Å². The fourth-order valence-corrected chi connectivity index (χ4v) is 1.94. The van der Waals surface area contributed by atoms with Gasteiger partial charge < -0.3 is 10.5 Å². The average Bonchev–Trinajstić information content (AvgIpc) is 3.02. The highest BCUT2D eigenvalue weighted by Gasteiger charge is 2.42. The summed E-state index contributed by atoms with van der Waals surface area (Å²) in [4.78, 5) is 0. The lowest BCUT2D eigenvalue weighted by atomic mass is 10.0. The van der Waals surface area contributed by atoms with E-state index in [-0.39, 0.29) is 16.2 Å².